The van der Waals surface area contributed by atoms with Crippen LogP contribution in [0.2, 0.25) is 0 Å². The van der Waals surface area contributed by atoms with Gasteiger partial charge in [-0.15, -0.1) is 0 Å². The van der Waals surface area contributed by atoms with Gasteiger partial charge in [0.1, 0.15) is 5.75 Å². The number of benzene rings is 1. The molecule has 4 heteroatoms. The van der Waals surface area contributed by atoms with Crippen LogP contribution in [0.25, 0.3) is 10.9 Å². The molecule has 1 aromatic heterocycles. The van der Waals surface area contributed by atoms with E-state index < -0.39 is 0 Å². The number of methoxy groups -OCH3 is 1. The molecule has 0 fully saturated rings. The Kier molecular flexibility index (Phi) is 2.18. The van der Waals surface area contributed by atoms with Gasteiger partial charge < -0.3 is 10.1 Å². The van der Waals surface area contributed by atoms with Crippen molar-refractivity contribution in [2.75, 3.05) is 19.5 Å². The molecule has 0 aliphatic heterocycles. The van der Waals surface area contributed by atoms with Crippen molar-refractivity contribution in [1.29, 1.82) is 0 Å². The zero-order chi connectivity index (χ0) is 9.97. The second-order valence-corrected chi connectivity index (χ2v) is 2.84. The number of nitrogens with one attached hydrogen (secondary N) is 1. The van der Waals surface area contributed by atoms with Crippen LogP contribution >= 0.6 is 0 Å². The normalized spacial score (nSPS) is 10.1. The second-order valence-electron chi connectivity index (χ2n) is 2.84. The first-order valence-electron chi connectivity index (χ1n) is 4.32. The number of hydrogen-bond donors (Lipinski definition) is 1. The lowest BCUT2D eigenvalue weighted by Gasteiger charge is -2.04. The van der Waals surface area contributed by atoms with Crippen molar-refractivity contribution in [2.24, 2.45) is 0 Å². The standard InChI is InChI=1S/C10H11N3O/c1-11-10-12-6-7-8(13-10)4-3-5-9(7)14-2/h3-6H,1-2H3,(H,11,12,13). The Labute approximate surface area is 81.9 Å². The summed E-state index contributed by atoms with van der Waals surface area (Å²) < 4.78 is 5.20. The van der Waals surface area contributed by atoms with E-state index in [9.17, 15) is 0 Å². The molecule has 4 nitrogen and oxygen atoms in total. The van der Waals surface area contributed by atoms with Crippen LogP contribution in [0.4, 0.5) is 5.95 Å². The van der Waals surface area contributed by atoms with Gasteiger partial charge in [0, 0.05) is 13.2 Å². The fourth-order valence-electron chi connectivity index (χ4n) is 1.33. The largest absolute Gasteiger partial charge is 0.496 e. The monoisotopic (exact) mass is 189 g/mol. The first-order valence-corrected chi connectivity index (χ1v) is 4.32. The van der Waals surface area contributed by atoms with Gasteiger partial charge in [0.25, 0.3) is 0 Å². The second kappa shape index (κ2) is 3.49. The van der Waals surface area contributed by atoms with Crippen molar-refractivity contribution >= 4 is 16.9 Å². The minimum atomic E-state index is 0.616. The van der Waals surface area contributed by atoms with Gasteiger partial charge in [0.05, 0.1) is 18.0 Å². The van der Waals surface area contributed by atoms with Crippen LogP contribution in [0.3, 0.4) is 0 Å². The van der Waals surface area contributed by atoms with Crippen LogP contribution in [0.1, 0.15) is 0 Å². The molecule has 0 amide bonds. The summed E-state index contributed by atoms with van der Waals surface area (Å²) in [6.07, 6.45) is 1.76. The lowest BCUT2D eigenvalue weighted by Crippen LogP contribution is -1.96. The predicted octanol–water partition coefficient (Wildman–Crippen LogP) is 1.68. The highest BCUT2D eigenvalue weighted by Gasteiger charge is 2.02. The minimum Gasteiger partial charge on any atom is -0.496 e. The summed E-state index contributed by atoms with van der Waals surface area (Å²) in [5, 5.41) is 3.82. The van der Waals surface area contributed by atoms with Crippen molar-refractivity contribution in [1.82, 2.24) is 9.97 Å². The molecule has 2 rings (SSSR count). The summed E-state index contributed by atoms with van der Waals surface area (Å²) in [7, 11) is 3.43. The Morgan fingerprint density at radius 3 is 2.93 bits per heavy atom. The highest BCUT2D eigenvalue weighted by Crippen LogP contribution is 2.23. The topological polar surface area (TPSA) is 47.0 Å². The predicted molar refractivity (Wildman–Crippen MR) is 55.6 cm³/mol. The molecule has 2 aromatic rings. The molecule has 1 aromatic carbocycles. The molecule has 0 bridgehead atoms. The van der Waals surface area contributed by atoms with Crippen LogP contribution < -0.4 is 10.1 Å². The van der Waals surface area contributed by atoms with Gasteiger partial charge in [-0.2, -0.15) is 0 Å². The van der Waals surface area contributed by atoms with Gasteiger partial charge in [-0.1, -0.05) is 6.07 Å². The quantitative estimate of drug-likeness (QED) is 0.780. The summed E-state index contributed by atoms with van der Waals surface area (Å²) >= 11 is 0. The molecule has 1 N–H and O–H groups in total. The van der Waals surface area contributed by atoms with Crippen molar-refractivity contribution in [3.63, 3.8) is 0 Å². The van der Waals surface area contributed by atoms with Gasteiger partial charge >= 0.3 is 0 Å². The summed E-state index contributed by atoms with van der Waals surface area (Å²) in [6.45, 7) is 0. The molecule has 0 aliphatic carbocycles. The molecule has 0 spiro atoms. The summed E-state index contributed by atoms with van der Waals surface area (Å²) in [4.78, 5) is 8.43. The SMILES string of the molecule is CNc1ncc2c(OC)cccc2n1. The van der Waals surface area contributed by atoms with Gasteiger partial charge in [0.15, 0.2) is 0 Å². The van der Waals surface area contributed by atoms with E-state index in [0.717, 1.165) is 16.7 Å². The number of aromatic nitrogens is 2. The number of anilines is 1. The number of ether oxygens (including phenoxy) is 1. The molecule has 72 valence electrons. The van der Waals surface area contributed by atoms with Crippen molar-refractivity contribution in [2.45, 2.75) is 0 Å². The molecular weight excluding hydrogens is 178 g/mol. The first kappa shape index (κ1) is 8.74. The smallest absolute Gasteiger partial charge is 0.222 e. The Hall–Kier alpha value is -1.84. The average molecular weight is 189 g/mol. The molecular formula is C10H11N3O. The highest BCUT2D eigenvalue weighted by atomic mass is 16.5. The fraction of sp³-hybridized carbons (Fsp3) is 0.200. The maximum absolute atomic E-state index is 5.20. The zero-order valence-corrected chi connectivity index (χ0v) is 8.11. The Morgan fingerprint density at radius 1 is 1.36 bits per heavy atom. The number of hydrogen-bond acceptors (Lipinski definition) is 4. The number of fused-ring (bicyclic) bond motifs is 1. The lowest BCUT2D eigenvalue weighted by molar-refractivity contribution is 0.419. The average Bonchev–Trinajstić information content (AvgIpc) is 2.27. The minimum absolute atomic E-state index is 0.616. The van der Waals surface area contributed by atoms with E-state index in [2.05, 4.69) is 15.3 Å². The lowest BCUT2D eigenvalue weighted by atomic mass is 10.2. The Balaban J connectivity index is 2.67. The Morgan fingerprint density at radius 2 is 2.21 bits per heavy atom. The maximum atomic E-state index is 5.20. The van der Waals surface area contributed by atoms with E-state index in [1.54, 1.807) is 20.4 Å². The summed E-state index contributed by atoms with van der Waals surface area (Å²) in [5.41, 5.74) is 0.878. The number of nitrogens with zero attached hydrogens (tertiary/aromatic N) is 2. The third-order valence-electron chi connectivity index (χ3n) is 2.03. The van der Waals surface area contributed by atoms with E-state index in [4.69, 9.17) is 4.74 Å². The van der Waals surface area contributed by atoms with Gasteiger partial charge in [0.2, 0.25) is 5.95 Å². The molecule has 1 heterocycles. The Bertz CT molecular complexity index is 456. The van der Waals surface area contributed by atoms with Crippen LogP contribution in [0, 0.1) is 0 Å². The van der Waals surface area contributed by atoms with Crippen molar-refractivity contribution < 1.29 is 4.74 Å². The maximum Gasteiger partial charge on any atom is 0.222 e. The molecule has 0 aliphatic rings. The number of rotatable bonds is 2. The van der Waals surface area contributed by atoms with E-state index in [0.29, 0.717) is 5.95 Å². The third kappa shape index (κ3) is 1.35. The van der Waals surface area contributed by atoms with Gasteiger partial charge in [-0.05, 0) is 12.1 Å². The molecule has 0 saturated carbocycles. The molecule has 0 atom stereocenters. The molecule has 0 saturated heterocycles. The van der Waals surface area contributed by atoms with Crippen LogP contribution in [0.15, 0.2) is 24.4 Å². The first-order chi connectivity index (χ1) is 6.85. The van der Waals surface area contributed by atoms with E-state index >= 15 is 0 Å². The van der Waals surface area contributed by atoms with Gasteiger partial charge in [-0.25, -0.2) is 9.97 Å². The van der Waals surface area contributed by atoms with Gasteiger partial charge in [-0.3, -0.25) is 0 Å². The fourth-order valence-corrected chi connectivity index (χ4v) is 1.33. The van der Waals surface area contributed by atoms with Crippen LogP contribution in [-0.4, -0.2) is 24.1 Å². The summed E-state index contributed by atoms with van der Waals surface area (Å²) in [6, 6.07) is 5.73. The highest BCUT2D eigenvalue weighted by molar-refractivity contribution is 5.84. The molecule has 14 heavy (non-hydrogen) atoms. The van der Waals surface area contributed by atoms with E-state index in [1.807, 2.05) is 18.2 Å². The summed E-state index contributed by atoms with van der Waals surface area (Å²) in [5.74, 6) is 1.41. The van der Waals surface area contributed by atoms with Crippen molar-refractivity contribution in [3.05, 3.63) is 24.4 Å². The van der Waals surface area contributed by atoms with Crippen LogP contribution in [0.5, 0.6) is 5.75 Å². The van der Waals surface area contributed by atoms with Crippen molar-refractivity contribution in [3.8, 4) is 5.75 Å². The van der Waals surface area contributed by atoms with E-state index in [1.165, 1.54) is 0 Å². The zero-order valence-electron chi connectivity index (χ0n) is 8.11. The van der Waals surface area contributed by atoms with E-state index in [-0.39, 0.29) is 0 Å². The third-order valence-corrected chi connectivity index (χ3v) is 2.03. The molecule has 0 unspecified atom stereocenters. The molecule has 0 radical (unpaired) electrons. The van der Waals surface area contributed by atoms with Crippen LogP contribution in [-0.2, 0) is 0 Å².